The fraction of sp³-hybridized carbons (Fsp3) is 0.600. The standard InChI is InChI=1S/C15H23Cl2N/c1-4-18-14(7-5-11(2)3)10-12-9-13(16)6-8-15(12)17/h6,8-9,11,14,18H,4-5,7,10H2,1-3H3. The fourth-order valence-electron chi connectivity index (χ4n) is 2.06. The lowest BCUT2D eigenvalue weighted by Crippen LogP contribution is -2.31. The lowest BCUT2D eigenvalue weighted by molar-refractivity contribution is 0.435. The summed E-state index contributed by atoms with van der Waals surface area (Å²) in [4.78, 5) is 0. The summed E-state index contributed by atoms with van der Waals surface area (Å²) in [6.07, 6.45) is 3.35. The second-order valence-electron chi connectivity index (χ2n) is 5.17. The molecule has 0 saturated heterocycles. The van der Waals surface area contributed by atoms with Crippen molar-refractivity contribution in [2.24, 2.45) is 5.92 Å². The average molecular weight is 288 g/mol. The average Bonchev–Trinajstić information content (AvgIpc) is 2.31. The summed E-state index contributed by atoms with van der Waals surface area (Å²) in [7, 11) is 0. The molecule has 102 valence electrons. The molecule has 0 heterocycles. The van der Waals surface area contributed by atoms with E-state index >= 15 is 0 Å². The van der Waals surface area contributed by atoms with Gasteiger partial charge in [0.15, 0.2) is 0 Å². The zero-order chi connectivity index (χ0) is 13.5. The van der Waals surface area contributed by atoms with Crippen LogP contribution in [0.15, 0.2) is 18.2 Å². The molecule has 1 atom stereocenters. The van der Waals surface area contributed by atoms with Crippen LogP contribution in [-0.4, -0.2) is 12.6 Å². The van der Waals surface area contributed by atoms with Crippen molar-refractivity contribution in [1.82, 2.24) is 5.32 Å². The van der Waals surface area contributed by atoms with E-state index < -0.39 is 0 Å². The van der Waals surface area contributed by atoms with Gasteiger partial charge in [-0.2, -0.15) is 0 Å². The first-order valence-corrected chi connectivity index (χ1v) is 7.45. The Bertz CT molecular complexity index is 364. The minimum atomic E-state index is 0.480. The molecule has 1 N–H and O–H groups in total. The minimum absolute atomic E-state index is 0.480. The maximum atomic E-state index is 6.22. The summed E-state index contributed by atoms with van der Waals surface area (Å²) in [5, 5.41) is 5.10. The molecular formula is C15H23Cl2N. The van der Waals surface area contributed by atoms with Crippen LogP contribution in [0.4, 0.5) is 0 Å². The molecule has 0 bridgehead atoms. The van der Waals surface area contributed by atoms with Gasteiger partial charge in [0.1, 0.15) is 0 Å². The van der Waals surface area contributed by atoms with E-state index in [1.807, 2.05) is 18.2 Å². The Morgan fingerprint density at radius 2 is 1.89 bits per heavy atom. The Kier molecular flexibility index (Phi) is 7.06. The highest BCUT2D eigenvalue weighted by molar-refractivity contribution is 6.33. The third-order valence-electron chi connectivity index (χ3n) is 3.06. The third-order valence-corrected chi connectivity index (χ3v) is 3.66. The van der Waals surface area contributed by atoms with Crippen LogP contribution >= 0.6 is 23.2 Å². The summed E-state index contributed by atoms with van der Waals surface area (Å²) >= 11 is 12.2. The van der Waals surface area contributed by atoms with Crippen molar-refractivity contribution in [3.63, 3.8) is 0 Å². The Labute approximate surface area is 121 Å². The summed E-state index contributed by atoms with van der Waals surface area (Å²) in [5.41, 5.74) is 1.14. The van der Waals surface area contributed by atoms with E-state index in [0.29, 0.717) is 6.04 Å². The first-order chi connectivity index (χ1) is 8.52. The first kappa shape index (κ1) is 15.8. The zero-order valence-corrected chi connectivity index (χ0v) is 13.0. The number of hydrogen-bond donors (Lipinski definition) is 1. The van der Waals surface area contributed by atoms with Crippen LogP contribution in [0.2, 0.25) is 10.0 Å². The number of nitrogens with one attached hydrogen (secondary N) is 1. The number of halogens is 2. The van der Waals surface area contributed by atoms with Crippen molar-refractivity contribution >= 4 is 23.2 Å². The van der Waals surface area contributed by atoms with Gasteiger partial charge in [0.05, 0.1) is 0 Å². The Morgan fingerprint density at radius 1 is 1.17 bits per heavy atom. The molecule has 0 aliphatic heterocycles. The van der Waals surface area contributed by atoms with Crippen LogP contribution in [0, 0.1) is 5.92 Å². The monoisotopic (exact) mass is 287 g/mol. The van der Waals surface area contributed by atoms with Crippen LogP contribution in [0.25, 0.3) is 0 Å². The number of likely N-dealkylation sites (N-methyl/N-ethyl adjacent to an activating group) is 1. The smallest absolute Gasteiger partial charge is 0.0439 e. The topological polar surface area (TPSA) is 12.0 Å². The molecule has 0 aliphatic rings. The molecule has 3 heteroatoms. The summed E-state index contributed by atoms with van der Waals surface area (Å²) in [5.74, 6) is 0.737. The van der Waals surface area contributed by atoms with Crippen molar-refractivity contribution in [2.75, 3.05) is 6.54 Å². The molecule has 1 nitrogen and oxygen atoms in total. The summed E-state index contributed by atoms with van der Waals surface area (Å²) in [6.45, 7) is 7.65. The molecule has 18 heavy (non-hydrogen) atoms. The molecular weight excluding hydrogens is 265 g/mol. The van der Waals surface area contributed by atoms with Crippen LogP contribution in [-0.2, 0) is 6.42 Å². The van der Waals surface area contributed by atoms with Gasteiger partial charge in [0.25, 0.3) is 0 Å². The van der Waals surface area contributed by atoms with Crippen LogP contribution in [0.5, 0.6) is 0 Å². The Balaban J connectivity index is 2.66. The highest BCUT2D eigenvalue weighted by Gasteiger charge is 2.12. The van der Waals surface area contributed by atoms with Gasteiger partial charge in [-0.05, 0) is 55.5 Å². The summed E-state index contributed by atoms with van der Waals surface area (Å²) in [6, 6.07) is 6.17. The van der Waals surface area contributed by atoms with E-state index in [0.717, 1.165) is 34.5 Å². The highest BCUT2D eigenvalue weighted by Crippen LogP contribution is 2.23. The van der Waals surface area contributed by atoms with E-state index in [-0.39, 0.29) is 0 Å². The van der Waals surface area contributed by atoms with Gasteiger partial charge in [-0.3, -0.25) is 0 Å². The molecule has 1 unspecified atom stereocenters. The van der Waals surface area contributed by atoms with E-state index in [9.17, 15) is 0 Å². The van der Waals surface area contributed by atoms with Crippen molar-refractivity contribution in [1.29, 1.82) is 0 Å². The molecule has 0 aliphatic carbocycles. The van der Waals surface area contributed by atoms with Crippen LogP contribution in [0.1, 0.15) is 39.2 Å². The zero-order valence-electron chi connectivity index (χ0n) is 11.5. The number of hydrogen-bond acceptors (Lipinski definition) is 1. The molecule has 1 rings (SSSR count). The quantitative estimate of drug-likeness (QED) is 0.748. The lowest BCUT2D eigenvalue weighted by atomic mass is 9.97. The molecule has 1 aromatic carbocycles. The van der Waals surface area contributed by atoms with E-state index in [4.69, 9.17) is 23.2 Å². The number of benzene rings is 1. The van der Waals surface area contributed by atoms with Gasteiger partial charge in [-0.15, -0.1) is 0 Å². The van der Waals surface area contributed by atoms with Crippen molar-refractivity contribution in [3.05, 3.63) is 33.8 Å². The van der Waals surface area contributed by atoms with E-state index in [1.54, 1.807) is 0 Å². The predicted molar refractivity (Wildman–Crippen MR) is 81.7 cm³/mol. The van der Waals surface area contributed by atoms with Gasteiger partial charge >= 0.3 is 0 Å². The molecule has 0 fully saturated rings. The lowest BCUT2D eigenvalue weighted by Gasteiger charge is -2.19. The molecule has 1 aromatic rings. The summed E-state index contributed by atoms with van der Waals surface area (Å²) < 4.78 is 0. The number of rotatable bonds is 7. The maximum Gasteiger partial charge on any atom is 0.0439 e. The largest absolute Gasteiger partial charge is 0.314 e. The van der Waals surface area contributed by atoms with Crippen molar-refractivity contribution in [3.8, 4) is 0 Å². The highest BCUT2D eigenvalue weighted by atomic mass is 35.5. The SMILES string of the molecule is CCNC(CCC(C)C)Cc1cc(Cl)ccc1Cl. The van der Waals surface area contributed by atoms with E-state index in [2.05, 4.69) is 26.1 Å². The van der Waals surface area contributed by atoms with Gasteiger partial charge in [0, 0.05) is 16.1 Å². The first-order valence-electron chi connectivity index (χ1n) is 6.70. The maximum absolute atomic E-state index is 6.22. The minimum Gasteiger partial charge on any atom is -0.314 e. The second kappa shape index (κ2) is 8.04. The van der Waals surface area contributed by atoms with Crippen LogP contribution < -0.4 is 5.32 Å². The molecule has 0 spiro atoms. The van der Waals surface area contributed by atoms with Gasteiger partial charge in [-0.25, -0.2) is 0 Å². The third kappa shape index (κ3) is 5.60. The van der Waals surface area contributed by atoms with Crippen molar-refractivity contribution in [2.45, 2.75) is 46.1 Å². The second-order valence-corrected chi connectivity index (χ2v) is 6.01. The van der Waals surface area contributed by atoms with E-state index in [1.165, 1.54) is 12.8 Å². The van der Waals surface area contributed by atoms with Crippen LogP contribution in [0.3, 0.4) is 0 Å². The molecule has 0 amide bonds. The molecule has 0 radical (unpaired) electrons. The normalized spacial score (nSPS) is 13.0. The molecule has 0 aromatic heterocycles. The fourth-order valence-corrected chi connectivity index (χ4v) is 2.45. The van der Waals surface area contributed by atoms with Crippen molar-refractivity contribution < 1.29 is 0 Å². The van der Waals surface area contributed by atoms with Gasteiger partial charge in [0.2, 0.25) is 0 Å². The van der Waals surface area contributed by atoms with Gasteiger partial charge in [-0.1, -0.05) is 44.0 Å². The Hall–Kier alpha value is -0.240. The molecule has 0 saturated carbocycles. The predicted octanol–water partition coefficient (Wildman–Crippen LogP) is 4.95. The van der Waals surface area contributed by atoms with Gasteiger partial charge < -0.3 is 5.32 Å². The Morgan fingerprint density at radius 3 is 2.50 bits per heavy atom.